The van der Waals surface area contributed by atoms with E-state index in [-0.39, 0.29) is 0 Å². The summed E-state index contributed by atoms with van der Waals surface area (Å²) in [4.78, 5) is 21.1. The molecule has 1 unspecified atom stereocenters. The Morgan fingerprint density at radius 1 is 0.289 bits per heavy atom. The fraction of sp³-hybridized carbons (Fsp3) is 0.0337. The van der Waals surface area contributed by atoms with E-state index in [1.54, 1.807) is 0 Å². The molecular weight excluding hydrogens is 1190 g/mol. The molecule has 97 heavy (non-hydrogen) atoms. The van der Waals surface area contributed by atoms with Gasteiger partial charge in [-0.25, -0.2) is 19.9 Å². The van der Waals surface area contributed by atoms with Crippen LogP contribution in [0.4, 0.5) is 0 Å². The molecule has 6 aromatic heterocycles. The third-order valence-corrected chi connectivity index (χ3v) is 20.6. The van der Waals surface area contributed by atoms with E-state index in [4.69, 9.17) is 28.8 Å². The Balaban J connectivity index is 0.000000133. The Labute approximate surface area is 557 Å². The number of hydrogen-bond donors (Lipinski definition) is 0. The normalized spacial score (nSPS) is 14.4. The van der Waals surface area contributed by atoms with Gasteiger partial charge in [-0.3, -0.25) is 9.13 Å². The van der Waals surface area contributed by atoms with E-state index < -0.39 is 10.8 Å². The standard InChI is InChI=1S/C47H29N3O.C42H27N3O/c1-4-16-30(17-5-1)42-36-24-11-14-26-39(36)48-46(49-42)50-40-27-15-12-22-33(40)34-28-29-37-41-35-23-10-13-25-38(35)47(31-18-6-2-7-19-31,32-20-8-3-9-21-32)45(41)51-44(37)43(34)50;1-42(27-16-6-3-7-17-27)33-21-11-8-19-30(33)36-32-25-24-29-28-18-10-13-23-35(28)45(38(29)39(32)46-40(36)42)41-43-34-22-12-9-20-31(34)37(44-41)26-14-4-2-5-15-26/h1-29H;2-25H,1H3. The fourth-order valence-corrected chi connectivity index (χ4v) is 16.3. The first-order valence-corrected chi connectivity index (χ1v) is 33.0. The predicted molar refractivity (Wildman–Crippen MR) is 393 cm³/mol. The molecule has 19 aromatic rings. The Kier molecular flexibility index (Phi) is 11.9. The second-order valence-corrected chi connectivity index (χ2v) is 25.6. The fourth-order valence-electron chi connectivity index (χ4n) is 16.3. The third-order valence-electron chi connectivity index (χ3n) is 20.6. The summed E-state index contributed by atoms with van der Waals surface area (Å²) >= 11 is 0. The SMILES string of the molecule is CC1(c2ccccc2)c2ccccc2-c2c1oc1c2ccc2c3ccccc3n(-c3nc(-c4ccccc4)c4ccccc4n3)c21.c1ccc(-c2nc(-n3c4ccccc4c4ccc5c6c(oc5c43)C(c3ccccc3)(c3ccccc3)c3ccccc3-6)nc3ccccc23)cc1. The number of nitrogens with zero attached hydrogens (tertiary/aromatic N) is 6. The largest absolute Gasteiger partial charge is 0.457 e. The predicted octanol–water partition coefficient (Wildman–Crippen LogP) is 22.0. The molecule has 21 rings (SSSR count). The lowest BCUT2D eigenvalue weighted by atomic mass is 9.70. The molecule has 454 valence electrons. The smallest absolute Gasteiger partial charge is 0.235 e. The van der Waals surface area contributed by atoms with Gasteiger partial charge in [0.25, 0.3) is 0 Å². The van der Waals surface area contributed by atoms with Crippen LogP contribution in [0.15, 0.2) is 330 Å². The summed E-state index contributed by atoms with van der Waals surface area (Å²) in [5.74, 6) is 3.15. The lowest BCUT2D eigenvalue weighted by Gasteiger charge is -2.31. The zero-order chi connectivity index (χ0) is 63.9. The van der Waals surface area contributed by atoms with Crippen molar-refractivity contribution in [3.05, 3.63) is 361 Å². The second kappa shape index (κ2) is 21.1. The maximum absolute atomic E-state index is 7.45. The van der Waals surface area contributed by atoms with Gasteiger partial charge in [0.15, 0.2) is 11.2 Å². The van der Waals surface area contributed by atoms with Crippen LogP contribution in [-0.2, 0) is 10.8 Å². The minimum absolute atomic E-state index is 0.435. The minimum Gasteiger partial charge on any atom is -0.457 e. The van der Waals surface area contributed by atoms with Gasteiger partial charge < -0.3 is 8.83 Å². The topological polar surface area (TPSA) is 87.7 Å². The van der Waals surface area contributed by atoms with Crippen LogP contribution in [0.25, 0.3) is 144 Å². The third kappa shape index (κ3) is 7.80. The molecule has 0 aliphatic heterocycles. The van der Waals surface area contributed by atoms with Gasteiger partial charge in [-0.2, -0.15) is 0 Å². The second-order valence-electron chi connectivity index (χ2n) is 25.6. The minimum atomic E-state index is -0.642. The molecule has 0 saturated heterocycles. The molecule has 2 aliphatic carbocycles. The van der Waals surface area contributed by atoms with Crippen LogP contribution in [0, 0.1) is 0 Å². The maximum Gasteiger partial charge on any atom is 0.235 e. The highest BCUT2D eigenvalue weighted by atomic mass is 16.3. The molecule has 0 N–H and O–H groups in total. The van der Waals surface area contributed by atoms with Crippen LogP contribution in [0.3, 0.4) is 0 Å². The highest BCUT2D eigenvalue weighted by molar-refractivity contribution is 6.22. The van der Waals surface area contributed by atoms with Crippen LogP contribution >= 0.6 is 0 Å². The van der Waals surface area contributed by atoms with Crippen molar-refractivity contribution in [2.24, 2.45) is 0 Å². The average molecular weight is 1240 g/mol. The van der Waals surface area contributed by atoms with Gasteiger partial charge in [-0.1, -0.05) is 285 Å². The first kappa shape index (κ1) is 54.7. The van der Waals surface area contributed by atoms with Crippen molar-refractivity contribution in [2.75, 3.05) is 0 Å². The average Bonchev–Trinajstić information content (AvgIpc) is 1.53. The zero-order valence-electron chi connectivity index (χ0n) is 52.6. The molecule has 8 nitrogen and oxygen atoms in total. The molecule has 2 aliphatic rings. The number of aromatic nitrogens is 6. The van der Waals surface area contributed by atoms with E-state index in [0.29, 0.717) is 11.9 Å². The van der Waals surface area contributed by atoms with Crippen LogP contribution in [-0.4, -0.2) is 29.1 Å². The highest BCUT2D eigenvalue weighted by Gasteiger charge is 2.51. The van der Waals surface area contributed by atoms with Gasteiger partial charge in [0, 0.05) is 65.3 Å². The lowest BCUT2D eigenvalue weighted by molar-refractivity contribution is 0.486. The molecule has 0 bridgehead atoms. The summed E-state index contributed by atoms with van der Waals surface area (Å²) in [5.41, 5.74) is 21.1. The van der Waals surface area contributed by atoms with Gasteiger partial charge in [-0.15, -0.1) is 0 Å². The number of rotatable bonds is 7. The monoisotopic (exact) mass is 1240 g/mol. The molecule has 13 aromatic carbocycles. The van der Waals surface area contributed by atoms with Crippen molar-refractivity contribution >= 4 is 87.4 Å². The Morgan fingerprint density at radius 3 is 1.14 bits per heavy atom. The number of hydrogen-bond acceptors (Lipinski definition) is 6. The molecular formula is C89H56N6O2. The van der Waals surface area contributed by atoms with Crippen molar-refractivity contribution in [3.63, 3.8) is 0 Å². The molecule has 0 fully saturated rings. The van der Waals surface area contributed by atoms with Crippen molar-refractivity contribution < 1.29 is 8.83 Å². The van der Waals surface area contributed by atoms with Crippen LogP contribution in [0.1, 0.15) is 46.3 Å². The number of para-hydroxylation sites is 4. The van der Waals surface area contributed by atoms with Gasteiger partial charge in [-0.05, 0) is 82.3 Å². The summed E-state index contributed by atoms with van der Waals surface area (Å²) in [6, 6.07) is 113. The van der Waals surface area contributed by atoms with E-state index in [2.05, 4.69) is 307 Å². The van der Waals surface area contributed by atoms with Crippen molar-refractivity contribution in [1.29, 1.82) is 0 Å². The van der Waals surface area contributed by atoms with E-state index in [0.717, 1.165) is 127 Å². The van der Waals surface area contributed by atoms with Crippen LogP contribution in [0.2, 0.25) is 0 Å². The molecule has 0 radical (unpaired) electrons. The number of fused-ring (bicyclic) bond motifs is 20. The summed E-state index contributed by atoms with van der Waals surface area (Å²) in [6.45, 7) is 2.29. The number of furan rings is 2. The first-order valence-electron chi connectivity index (χ1n) is 33.0. The van der Waals surface area contributed by atoms with Gasteiger partial charge in [0.2, 0.25) is 11.9 Å². The Hall–Kier alpha value is -12.8. The highest BCUT2D eigenvalue weighted by Crippen LogP contribution is 2.61. The van der Waals surface area contributed by atoms with Gasteiger partial charge >= 0.3 is 0 Å². The van der Waals surface area contributed by atoms with E-state index >= 15 is 0 Å². The van der Waals surface area contributed by atoms with E-state index in [1.807, 2.05) is 30.3 Å². The molecule has 6 heterocycles. The number of benzene rings is 13. The summed E-state index contributed by atoms with van der Waals surface area (Å²) < 4.78 is 19.1. The van der Waals surface area contributed by atoms with Crippen molar-refractivity contribution in [1.82, 2.24) is 29.1 Å². The van der Waals surface area contributed by atoms with Gasteiger partial charge in [0.1, 0.15) is 28.0 Å². The van der Waals surface area contributed by atoms with Crippen LogP contribution < -0.4 is 0 Å². The molecule has 8 heteroatoms. The van der Waals surface area contributed by atoms with E-state index in [1.165, 1.54) is 44.5 Å². The Morgan fingerprint density at radius 2 is 0.649 bits per heavy atom. The zero-order valence-corrected chi connectivity index (χ0v) is 52.6. The van der Waals surface area contributed by atoms with Crippen molar-refractivity contribution in [2.45, 2.75) is 17.8 Å². The Bertz CT molecular complexity index is 6350. The van der Waals surface area contributed by atoms with Crippen LogP contribution in [0.5, 0.6) is 0 Å². The lowest BCUT2D eigenvalue weighted by Crippen LogP contribution is -2.28. The maximum atomic E-state index is 7.45. The summed E-state index contributed by atoms with van der Waals surface area (Å²) in [6.07, 6.45) is 0. The first-order chi connectivity index (χ1) is 48.0. The molecule has 0 amide bonds. The molecule has 0 saturated carbocycles. The summed E-state index contributed by atoms with van der Waals surface area (Å²) in [7, 11) is 0. The van der Waals surface area contributed by atoms with E-state index in [9.17, 15) is 0 Å². The quantitative estimate of drug-likeness (QED) is 0.158. The van der Waals surface area contributed by atoms with Crippen molar-refractivity contribution in [3.8, 4) is 56.7 Å². The summed E-state index contributed by atoms with van der Waals surface area (Å²) in [5, 5.41) is 8.69. The van der Waals surface area contributed by atoms with Gasteiger partial charge in [0.05, 0.1) is 38.9 Å². The molecule has 0 spiro atoms. The molecule has 1 atom stereocenters.